The number of likely N-dealkylation sites (tertiary alicyclic amines) is 1. The highest BCUT2D eigenvalue weighted by Crippen LogP contribution is 2.46. The average molecular weight is 840 g/mol. The van der Waals surface area contributed by atoms with E-state index in [0.29, 0.717) is 46.7 Å². The van der Waals surface area contributed by atoms with Crippen molar-refractivity contribution in [1.82, 2.24) is 25.2 Å². The maximum Gasteiger partial charge on any atom is 0.413 e. The molecule has 5 atom stereocenters. The molecule has 0 spiro atoms. The van der Waals surface area contributed by atoms with E-state index in [1.165, 1.54) is 18.1 Å². The number of rotatable bonds is 14. The van der Waals surface area contributed by atoms with E-state index < -0.39 is 74.1 Å². The van der Waals surface area contributed by atoms with Gasteiger partial charge in [-0.1, -0.05) is 57.2 Å². The molecular formula is C44H49N5O10S. The Bertz CT molecular complexity index is 2420. The van der Waals surface area contributed by atoms with Crippen LogP contribution in [-0.4, -0.2) is 91.9 Å². The Morgan fingerprint density at radius 3 is 2.22 bits per heavy atom. The first-order valence-electron chi connectivity index (χ1n) is 19.7. The van der Waals surface area contributed by atoms with Crippen molar-refractivity contribution in [2.75, 3.05) is 20.8 Å². The van der Waals surface area contributed by atoms with Crippen LogP contribution in [0.15, 0.2) is 91.5 Å². The van der Waals surface area contributed by atoms with Crippen molar-refractivity contribution < 1.29 is 46.5 Å². The third-order valence-corrected chi connectivity index (χ3v) is 12.9. The molecule has 16 heteroatoms. The van der Waals surface area contributed by atoms with Gasteiger partial charge in [0.25, 0.3) is 5.91 Å². The van der Waals surface area contributed by atoms with E-state index in [-0.39, 0.29) is 25.1 Å². The number of nitrogens with one attached hydrogen (secondary N) is 3. The summed E-state index contributed by atoms with van der Waals surface area (Å²) in [7, 11) is -0.862. The molecular weight excluding hydrogens is 791 g/mol. The Balaban J connectivity index is 1.20. The quantitative estimate of drug-likeness (QED) is 0.143. The largest absolute Gasteiger partial charge is 0.497 e. The van der Waals surface area contributed by atoms with Crippen LogP contribution in [0.5, 0.6) is 23.0 Å². The lowest BCUT2D eigenvalue weighted by molar-refractivity contribution is -0.142. The van der Waals surface area contributed by atoms with Crippen LogP contribution in [0.3, 0.4) is 0 Å². The van der Waals surface area contributed by atoms with Crippen LogP contribution in [0, 0.1) is 11.3 Å². The van der Waals surface area contributed by atoms with E-state index >= 15 is 0 Å². The maximum absolute atomic E-state index is 14.8. The lowest BCUT2D eigenvalue weighted by Crippen LogP contribution is -2.60. The monoisotopic (exact) mass is 839 g/mol. The van der Waals surface area contributed by atoms with Crippen molar-refractivity contribution in [3.63, 3.8) is 0 Å². The lowest BCUT2D eigenvalue weighted by Gasteiger charge is -2.35. The van der Waals surface area contributed by atoms with Gasteiger partial charge >= 0.3 is 6.09 Å². The number of methoxy groups -OCH3 is 2. The zero-order chi connectivity index (χ0) is 43.0. The molecule has 3 aliphatic rings. The summed E-state index contributed by atoms with van der Waals surface area (Å²) in [6, 6.07) is 20.7. The highest BCUT2D eigenvalue weighted by atomic mass is 32.2. The normalized spacial score (nSPS) is 21.6. The molecule has 4 aromatic rings. The molecule has 2 aliphatic carbocycles. The molecule has 0 radical (unpaired) electrons. The number of benzene rings is 3. The minimum Gasteiger partial charge on any atom is -0.497 e. The third kappa shape index (κ3) is 8.88. The Kier molecular flexibility index (Phi) is 11.5. The Morgan fingerprint density at radius 2 is 1.60 bits per heavy atom. The molecule has 1 saturated heterocycles. The molecule has 0 bridgehead atoms. The van der Waals surface area contributed by atoms with Crippen molar-refractivity contribution in [2.45, 2.75) is 75.4 Å². The van der Waals surface area contributed by atoms with Gasteiger partial charge in [0.05, 0.1) is 37.2 Å². The molecule has 0 unspecified atom stereocenters. The number of hydrogen-bond acceptors (Lipinski definition) is 11. The van der Waals surface area contributed by atoms with Crippen molar-refractivity contribution in [3.8, 4) is 34.3 Å². The van der Waals surface area contributed by atoms with E-state index in [4.69, 9.17) is 23.9 Å². The molecule has 2 saturated carbocycles. The van der Waals surface area contributed by atoms with Crippen molar-refractivity contribution in [3.05, 3.63) is 91.5 Å². The molecule has 1 aliphatic heterocycles. The van der Waals surface area contributed by atoms with Gasteiger partial charge in [-0.15, -0.1) is 6.58 Å². The van der Waals surface area contributed by atoms with Crippen LogP contribution >= 0.6 is 0 Å². The summed E-state index contributed by atoms with van der Waals surface area (Å²) in [5.41, 5.74) is -0.428. The van der Waals surface area contributed by atoms with E-state index in [2.05, 4.69) is 21.9 Å². The summed E-state index contributed by atoms with van der Waals surface area (Å²) < 4.78 is 50.7. The maximum atomic E-state index is 14.8. The number of fused-ring (bicyclic) bond motifs is 1. The predicted octanol–water partition coefficient (Wildman–Crippen LogP) is 5.14. The Labute approximate surface area is 348 Å². The van der Waals surface area contributed by atoms with Gasteiger partial charge in [-0.2, -0.15) is 0 Å². The molecule has 3 N–H and O–H groups in total. The smallest absolute Gasteiger partial charge is 0.413 e. The number of pyridine rings is 1. The molecule has 3 fully saturated rings. The number of sulfonamides is 1. The van der Waals surface area contributed by atoms with E-state index in [9.17, 15) is 27.6 Å². The van der Waals surface area contributed by atoms with Gasteiger partial charge in [0, 0.05) is 35.4 Å². The van der Waals surface area contributed by atoms with Crippen molar-refractivity contribution >= 4 is 44.7 Å². The first-order valence-corrected chi connectivity index (χ1v) is 21.2. The first kappa shape index (κ1) is 42.0. The van der Waals surface area contributed by atoms with Crippen molar-refractivity contribution in [2.24, 2.45) is 11.3 Å². The number of hydrogen-bond donors (Lipinski definition) is 3. The summed E-state index contributed by atoms with van der Waals surface area (Å²) >= 11 is 0. The van der Waals surface area contributed by atoms with Crippen LogP contribution in [-0.2, 0) is 24.4 Å². The Hall–Kier alpha value is -6.16. The standard InChI is InChI=1S/C44H49N5O10S/c1-7-27-24-44(27,41(52)48-60(54,55)32-18-19-32)47-39(50)36-22-31(58-37-23-34(26-11-9-8-10-12-26)45-35-21-30(57-6)17-20-33(35)37)25-49(36)40(51)38(43(2,3)4)46-42(53)59-29-15-13-28(56-5)14-16-29/h7-17,20-21,23,27,31-32,36,38H,1,18-19,22,24-25H2,2-6H3,(H,46,53)(H,47,50)(H,48,52)/t27-,31-,36+,38-,44-/m1/s1. The molecule has 60 heavy (non-hydrogen) atoms. The third-order valence-electron chi connectivity index (χ3n) is 11.1. The van der Waals surface area contributed by atoms with Crippen LogP contribution in [0.2, 0.25) is 0 Å². The highest BCUT2D eigenvalue weighted by Gasteiger charge is 2.62. The number of aromatic nitrogens is 1. The minimum atomic E-state index is -3.94. The molecule has 1 aromatic heterocycles. The number of amides is 4. The second-order valence-electron chi connectivity index (χ2n) is 16.4. The Morgan fingerprint density at radius 1 is 0.933 bits per heavy atom. The first-order chi connectivity index (χ1) is 28.5. The number of nitrogens with zero attached hydrogens (tertiary/aromatic N) is 2. The molecule has 316 valence electrons. The second-order valence-corrected chi connectivity index (χ2v) is 18.4. The fourth-order valence-electron chi connectivity index (χ4n) is 7.44. The fraction of sp³-hybridized carbons (Fsp3) is 0.386. The molecule has 7 rings (SSSR count). The van der Waals surface area contributed by atoms with Crippen LogP contribution < -0.4 is 34.3 Å². The van der Waals surface area contributed by atoms with Crippen molar-refractivity contribution in [1.29, 1.82) is 0 Å². The summed E-state index contributed by atoms with van der Waals surface area (Å²) in [6.45, 7) is 9.01. The van der Waals surface area contributed by atoms with Gasteiger partial charge in [0.2, 0.25) is 21.8 Å². The predicted molar refractivity (Wildman–Crippen MR) is 223 cm³/mol. The SMILES string of the molecule is C=C[C@@H]1C[C@]1(NC(=O)[C@@H]1C[C@@H](Oc2cc(-c3ccccc3)nc3cc(OC)ccc23)CN1C(=O)[C@@H](NC(=O)Oc1ccc(OC)cc1)C(C)(C)C)C(=O)NS(=O)(=O)C1CC1. The van der Waals surface area contributed by atoms with E-state index in [1.807, 2.05) is 36.4 Å². The zero-order valence-electron chi connectivity index (χ0n) is 34.1. The summed E-state index contributed by atoms with van der Waals surface area (Å²) in [6.07, 6.45) is 0.827. The van der Waals surface area contributed by atoms with E-state index in [1.54, 1.807) is 70.3 Å². The van der Waals surface area contributed by atoms with Gasteiger partial charge in [-0.3, -0.25) is 19.1 Å². The minimum absolute atomic E-state index is 0.0117. The highest BCUT2D eigenvalue weighted by molar-refractivity contribution is 7.91. The fourth-order valence-corrected chi connectivity index (χ4v) is 8.81. The number of carbonyl (C=O) groups excluding carboxylic acids is 4. The second kappa shape index (κ2) is 16.5. The van der Waals surface area contributed by atoms with Gasteiger partial charge in [-0.05, 0) is 61.1 Å². The van der Waals surface area contributed by atoms with E-state index in [0.717, 1.165) is 5.56 Å². The molecule has 4 amide bonds. The van der Waals surface area contributed by atoms with Gasteiger partial charge in [-0.25, -0.2) is 18.2 Å². The topological polar surface area (TPSA) is 192 Å². The summed E-state index contributed by atoms with van der Waals surface area (Å²) in [4.78, 5) is 62.5. The molecule has 3 aromatic carbocycles. The van der Waals surface area contributed by atoms with Gasteiger partial charge < -0.3 is 34.5 Å². The molecule has 15 nitrogen and oxygen atoms in total. The average Bonchev–Trinajstić information content (AvgIpc) is 4.16. The number of ether oxygens (including phenoxy) is 4. The lowest BCUT2D eigenvalue weighted by atomic mass is 9.85. The summed E-state index contributed by atoms with van der Waals surface area (Å²) in [5.74, 6) is -0.894. The van der Waals surface area contributed by atoms with Crippen LogP contribution in [0.1, 0.15) is 46.5 Å². The van der Waals surface area contributed by atoms with Crippen LogP contribution in [0.4, 0.5) is 4.79 Å². The van der Waals surface area contributed by atoms with Gasteiger partial charge in [0.1, 0.15) is 46.7 Å². The molecule has 2 heterocycles. The summed E-state index contributed by atoms with van der Waals surface area (Å²) in [5, 5.41) is 5.52. The van der Waals surface area contributed by atoms with Crippen LogP contribution in [0.25, 0.3) is 22.2 Å². The number of carbonyl (C=O) groups is 4. The zero-order valence-corrected chi connectivity index (χ0v) is 34.9. The van der Waals surface area contributed by atoms with Gasteiger partial charge in [0.15, 0.2) is 0 Å².